The molecule has 2 aliphatic heterocycles. The molecule has 2 atom stereocenters. The van der Waals surface area contributed by atoms with Gasteiger partial charge in [0.05, 0.1) is 19.1 Å². The van der Waals surface area contributed by atoms with Gasteiger partial charge in [-0.3, -0.25) is 4.79 Å². The van der Waals surface area contributed by atoms with E-state index in [0.29, 0.717) is 39.0 Å². The van der Waals surface area contributed by atoms with Crippen LogP contribution < -0.4 is 0 Å². The number of hydrogen-bond donors (Lipinski definition) is 1. The largest absolute Gasteiger partial charge is 0.479 e. The number of carboxylic acids is 1. The molecular weight excluding hydrogens is 238 g/mol. The maximum absolute atomic E-state index is 12.4. The summed E-state index contributed by atoms with van der Waals surface area (Å²) in [5, 5.41) is 9.45. The van der Waals surface area contributed by atoms with Crippen LogP contribution in [0.1, 0.15) is 19.3 Å². The van der Waals surface area contributed by atoms with Gasteiger partial charge in [-0.1, -0.05) is 0 Å². The highest BCUT2D eigenvalue weighted by molar-refractivity contribution is 5.89. The highest BCUT2D eigenvalue weighted by Crippen LogP contribution is 2.32. The lowest BCUT2D eigenvalue weighted by Gasteiger charge is -2.35. The van der Waals surface area contributed by atoms with Crippen LogP contribution in [0.15, 0.2) is 0 Å². The number of carboxylic acid groups (broad SMARTS) is 1. The molecule has 2 saturated heterocycles. The second kappa shape index (κ2) is 5.24. The Balaban J connectivity index is 2.18. The molecule has 0 spiro atoms. The molecule has 0 aromatic carbocycles. The number of amides is 1. The first-order valence-corrected chi connectivity index (χ1v) is 6.23. The van der Waals surface area contributed by atoms with Crippen LogP contribution in [-0.4, -0.2) is 60.9 Å². The second-order valence-electron chi connectivity index (χ2n) is 4.92. The summed E-state index contributed by atoms with van der Waals surface area (Å²) in [6.07, 6.45) is 1.84. The molecule has 2 rings (SSSR count). The van der Waals surface area contributed by atoms with E-state index < -0.39 is 11.5 Å². The Bertz CT molecular complexity index is 339. The molecule has 0 bridgehead atoms. The van der Waals surface area contributed by atoms with Gasteiger partial charge in [-0.2, -0.15) is 0 Å². The van der Waals surface area contributed by atoms with Crippen LogP contribution in [0.3, 0.4) is 0 Å². The molecule has 0 saturated carbocycles. The maximum atomic E-state index is 12.4. The van der Waals surface area contributed by atoms with E-state index in [-0.39, 0.29) is 18.4 Å². The summed E-state index contributed by atoms with van der Waals surface area (Å²) in [6.45, 7) is 1.51. The molecular formula is C12H19NO5. The summed E-state index contributed by atoms with van der Waals surface area (Å²) in [5.74, 6) is -1.28. The van der Waals surface area contributed by atoms with Crippen LogP contribution in [0.4, 0.5) is 0 Å². The first-order valence-electron chi connectivity index (χ1n) is 6.23. The molecule has 102 valence electrons. The summed E-state index contributed by atoms with van der Waals surface area (Å²) in [4.78, 5) is 25.4. The van der Waals surface area contributed by atoms with Gasteiger partial charge in [0.25, 0.3) is 0 Å². The molecule has 1 N–H and O–H groups in total. The van der Waals surface area contributed by atoms with Gasteiger partial charge in [0.15, 0.2) is 5.54 Å². The molecule has 0 aromatic rings. The van der Waals surface area contributed by atoms with Gasteiger partial charge in [-0.25, -0.2) is 4.79 Å². The topological polar surface area (TPSA) is 76.1 Å². The summed E-state index contributed by atoms with van der Waals surface area (Å²) in [6, 6.07) is 0. The fourth-order valence-corrected chi connectivity index (χ4v) is 2.82. The third-order valence-corrected chi connectivity index (χ3v) is 3.81. The Morgan fingerprint density at radius 3 is 2.89 bits per heavy atom. The molecule has 2 heterocycles. The Morgan fingerprint density at radius 1 is 1.56 bits per heavy atom. The van der Waals surface area contributed by atoms with Crippen LogP contribution in [0.2, 0.25) is 0 Å². The number of rotatable bonds is 4. The fraction of sp³-hybridized carbons (Fsp3) is 0.833. The van der Waals surface area contributed by atoms with Crippen molar-refractivity contribution in [2.45, 2.75) is 24.8 Å². The van der Waals surface area contributed by atoms with E-state index in [9.17, 15) is 14.7 Å². The molecule has 18 heavy (non-hydrogen) atoms. The Labute approximate surface area is 106 Å². The number of carbonyl (C=O) groups is 2. The van der Waals surface area contributed by atoms with Crippen molar-refractivity contribution < 1.29 is 24.2 Å². The molecule has 0 aromatic heterocycles. The zero-order valence-corrected chi connectivity index (χ0v) is 10.6. The summed E-state index contributed by atoms with van der Waals surface area (Å²) in [5.41, 5.74) is -1.19. The molecule has 2 unspecified atom stereocenters. The van der Waals surface area contributed by atoms with Crippen LogP contribution in [0.5, 0.6) is 0 Å². The van der Waals surface area contributed by atoms with Crippen molar-refractivity contribution in [1.29, 1.82) is 0 Å². The number of methoxy groups -OCH3 is 1. The predicted molar refractivity (Wildman–Crippen MR) is 62.1 cm³/mol. The summed E-state index contributed by atoms with van der Waals surface area (Å²) >= 11 is 0. The predicted octanol–water partition coefficient (Wildman–Crippen LogP) is 0.115. The minimum absolute atomic E-state index is 0.0433. The van der Waals surface area contributed by atoms with E-state index in [4.69, 9.17) is 9.47 Å². The quantitative estimate of drug-likeness (QED) is 0.774. The van der Waals surface area contributed by atoms with Crippen molar-refractivity contribution in [1.82, 2.24) is 4.90 Å². The van der Waals surface area contributed by atoms with E-state index in [1.165, 1.54) is 12.0 Å². The minimum atomic E-state index is -1.19. The zero-order valence-electron chi connectivity index (χ0n) is 10.6. The molecule has 2 fully saturated rings. The average Bonchev–Trinajstić information content (AvgIpc) is 2.98. The van der Waals surface area contributed by atoms with E-state index in [0.717, 1.165) is 0 Å². The number of ether oxygens (including phenoxy) is 2. The number of aliphatic carboxylic acids is 1. The first kappa shape index (κ1) is 13.3. The van der Waals surface area contributed by atoms with Crippen LogP contribution in [0.25, 0.3) is 0 Å². The van der Waals surface area contributed by atoms with E-state index in [1.54, 1.807) is 0 Å². The van der Waals surface area contributed by atoms with Gasteiger partial charge >= 0.3 is 5.97 Å². The highest BCUT2D eigenvalue weighted by Gasteiger charge is 2.51. The number of likely N-dealkylation sites (tertiary alicyclic amines) is 1. The second-order valence-corrected chi connectivity index (χ2v) is 4.92. The smallest absolute Gasteiger partial charge is 0.332 e. The molecule has 0 radical (unpaired) electrons. The Hall–Kier alpha value is -1.14. The van der Waals surface area contributed by atoms with E-state index in [2.05, 4.69) is 0 Å². The van der Waals surface area contributed by atoms with Crippen LogP contribution in [-0.2, 0) is 19.1 Å². The number of carbonyl (C=O) groups excluding carboxylic acids is 1. The van der Waals surface area contributed by atoms with Gasteiger partial charge in [-0.05, 0) is 19.3 Å². The van der Waals surface area contributed by atoms with E-state index in [1.807, 2.05) is 0 Å². The molecule has 2 aliphatic rings. The zero-order chi connectivity index (χ0) is 13.2. The van der Waals surface area contributed by atoms with Crippen molar-refractivity contribution in [2.75, 3.05) is 33.5 Å². The van der Waals surface area contributed by atoms with Gasteiger partial charge in [0, 0.05) is 20.3 Å². The van der Waals surface area contributed by atoms with Gasteiger partial charge < -0.3 is 19.5 Å². The average molecular weight is 257 g/mol. The minimum Gasteiger partial charge on any atom is -0.479 e. The number of hydrogen-bond acceptors (Lipinski definition) is 4. The Kier molecular flexibility index (Phi) is 3.87. The normalized spacial score (nSPS) is 31.8. The highest BCUT2D eigenvalue weighted by atomic mass is 16.5. The van der Waals surface area contributed by atoms with Crippen molar-refractivity contribution >= 4 is 11.9 Å². The first-order chi connectivity index (χ1) is 8.62. The fourth-order valence-electron chi connectivity index (χ4n) is 2.82. The summed E-state index contributed by atoms with van der Waals surface area (Å²) < 4.78 is 10.2. The van der Waals surface area contributed by atoms with Crippen molar-refractivity contribution in [3.8, 4) is 0 Å². The summed E-state index contributed by atoms with van der Waals surface area (Å²) in [7, 11) is 1.46. The van der Waals surface area contributed by atoms with Crippen LogP contribution >= 0.6 is 0 Å². The molecule has 0 aliphatic carbocycles. The van der Waals surface area contributed by atoms with E-state index >= 15 is 0 Å². The molecule has 6 heteroatoms. The van der Waals surface area contributed by atoms with Crippen molar-refractivity contribution in [3.05, 3.63) is 0 Å². The van der Waals surface area contributed by atoms with Crippen LogP contribution in [0, 0.1) is 5.92 Å². The van der Waals surface area contributed by atoms with Gasteiger partial charge in [0.2, 0.25) is 5.91 Å². The maximum Gasteiger partial charge on any atom is 0.332 e. The third-order valence-electron chi connectivity index (χ3n) is 3.81. The molecule has 1 amide bonds. The monoisotopic (exact) mass is 257 g/mol. The van der Waals surface area contributed by atoms with Gasteiger partial charge in [-0.15, -0.1) is 0 Å². The SMILES string of the molecule is COCC1(C(=O)O)CCCN1C(=O)C1CCOC1. The van der Waals surface area contributed by atoms with Gasteiger partial charge in [0.1, 0.15) is 0 Å². The molecule has 6 nitrogen and oxygen atoms in total. The standard InChI is InChI=1S/C12H19NO5/c1-17-8-12(11(15)16)4-2-5-13(12)10(14)9-3-6-18-7-9/h9H,2-8H2,1H3,(H,15,16). The van der Waals surface area contributed by atoms with Crippen molar-refractivity contribution in [3.63, 3.8) is 0 Å². The lowest BCUT2D eigenvalue weighted by Crippen LogP contribution is -2.57. The Morgan fingerprint density at radius 2 is 2.33 bits per heavy atom. The number of nitrogens with zero attached hydrogens (tertiary/aromatic N) is 1. The lowest BCUT2D eigenvalue weighted by molar-refractivity contribution is -0.161. The van der Waals surface area contributed by atoms with Crippen molar-refractivity contribution in [2.24, 2.45) is 5.92 Å². The third kappa shape index (κ3) is 2.10. The lowest BCUT2D eigenvalue weighted by atomic mass is 9.95.